The topological polar surface area (TPSA) is 72.9 Å². The fraction of sp³-hybridized carbons (Fsp3) is 0.192. The quantitative estimate of drug-likeness (QED) is 0.527. The SMILES string of the molecule is COC(=O)[C@@H](CC(=O)N1C(=O)O[C@H](c2ccccc2)[C@@H]1c1ccccc1)c1ccccc1. The predicted octanol–water partition coefficient (Wildman–Crippen LogP) is 4.79. The summed E-state index contributed by atoms with van der Waals surface area (Å²) in [6, 6.07) is 26.9. The molecule has 0 bridgehead atoms. The highest BCUT2D eigenvalue weighted by Crippen LogP contribution is 2.43. The third-order valence-corrected chi connectivity index (χ3v) is 5.59. The van der Waals surface area contributed by atoms with Gasteiger partial charge in [0.2, 0.25) is 5.91 Å². The van der Waals surface area contributed by atoms with E-state index >= 15 is 0 Å². The molecule has 6 heteroatoms. The van der Waals surface area contributed by atoms with E-state index in [-0.39, 0.29) is 6.42 Å². The number of carbonyl (C=O) groups excluding carboxylic acids is 3. The zero-order valence-corrected chi connectivity index (χ0v) is 17.6. The molecule has 1 heterocycles. The molecule has 0 N–H and O–H groups in total. The molecule has 32 heavy (non-hydrogen) atoms. The lowest BCUT2D eigenvalue weighted by Gasteiger charge is -2.25. The molecule has 3 aromatic carbocycles. The largest absolute Gasteiger partial charge is 0.469 e. The normalized spacial score (nSPS) is 18.7. The van der Waals surface area contributed by atoms with Crippen LogP contribution in [-0.2, 0) is 19.1 Å². The number of imide groups is 1. The minimum absolute atomic E-state index is 0.212. The molecule has 1 aliphatic heterocycles. The second kappa shape index (κ2) is 9.47. The van der Waals surface area contributed by atoms with Crippen LogP contribution in [-0.4, -0.2) is 30.0 Å². The minimum Gasteiger partial charge on any atom is -0.469 e. The molecule has 162 valence electrons. The van der Waals surface area contributed by atoms with Gasteiger partial charge in [-0.1, -0.05) is 91.0 Å². The van der Waals surface area contributed by atoms with Crippen LogP contribution < -0.4 is 0 Å². The van der Waals surface area contributed by atoms with Crippen LogP contribution in [0.5, 0.6) is 0 Å². The summed E-state index contributed by atoms with van der Waals surface area (Å²) < 4.78 is 10.6. The molecular weight excluding hydrogens is 406 g/mol. The van der Waals surface area contributed by atoms with E-state index < -0.39 is 36.0 Å². The number of hydrogen-bond donors (Lipinski definition) is 0. The Balaban J connectivity index is 1.69. The Kier molecular flexibility index (Phi) is 6.31. The summed E-state index contributed by atoms with van der Waals surface area (Å²) in [5.74, 6) is -1.86. The van der Waals surface area contributed by atoms with Crippen LogP contribution in [0.3, 0.4) is 0 Å². The van der Waals surface area contributed by atoms with Gasteiger partial charge in [-0.15, -0.1) is 0 Å². The standard InChI is InChI=1S/C26H23NO5/c1-31-25(29)21(18-11-5-2-6-12-18)17-22(28)27-23(19-13-7-3-8-14-19)24(32-26(27)30)20-15-9-4-10-16-20/h2-16,21,23-24H,17H2,1H3/t21-,23-,24+/m0/s1. The second-order valence-corrected chi connectivity index (χ2v) is 7.52. The van der Waals surface area contributed by atoms with Crippen molar-refractivity contribution >= 4 is 18.0 Å². The van der Waals surface area contributed by atoms with Crippen LogP contribution in [0.15, 0.2) is 91.0 Å². The van der Waals surface area contributed by atoms with Crippen molar-refractivity contribution < 1.29 is 23.9 Å². The molecule has 0 spiro atoms. The van der Waals surface area contributed by atoms with Crippen LogP contribution in [0.25, 0.3) is 0 Å². The third kappa shape index (κ3) is 4.25. The lowest BCUT2D eigenvalue weighted by molar-refractivity contribution is -0.145. The fourth-order valence-corrected chi connectivity index (χ4v) is 4.04. The van der Waals surface area contributed by atoms with E-state index in [0.29, 0.717) is 5.56 Å². The van der Waals surface area contributed by atoms with Crippen LogP contribution in [0.4, 0.5) is 4.79 Å². The summed E-state index contributed by atoms with van der Waals surface area (Å²) in [6.45, 7) is 0. The maximum absolute atomic E-state index is 13.4. The highest BCUT2D eigenvalue weighted by atomic mass is 16.6. The summed E-state index contributed by atoms with van der Waals surface area (Å²) in [6.07, 6.45) is -1.59. The summed E-state index contributed by atoms with van der Waals surface area (Å²) in [5.41, 5.74) is 2.21. The molecule has 4 rings (SSSR count). The van der Waals surface area contributed by atoms with E-state index in [2.05, 4.69) is 0 Å². The zero-order chi connectivity index (χ0) is 22.5. The summed E-state index contributed by atoms with van der Waals surface area (Å²) in [4.78, 5) is 39.9. The molecule has 0 aliphatic carbocycles. The van der Waals surface area contributed by atoms with Gasteiger partial charge in [0.05, 0.1) is 13.0 Å². The van der Waals surface area contributed by atoms with Crippen molar-refractivity contribution in [1.82, 2.24) is 4.90 Å². The number of hydrogen-bond acceptors (Lipinski definition) is 5. The molecule has 0 aromatic heterocycles. The Bertz CT molecular complexity index is 1080. The number of methoxy groups -OCH3 is 1. The van der Waals surface area contributed by atoms with E-state index in [0.717, 1.165) is 16.0 Å². The van der Waals surface area contributed by atoms with Gasteiger partial charge in [0.1, 0.15) is 6.04 Å². The molecule has 1 fully saturated rings. The highest BCUT2D eigenvalue weighted by Gasteiger charge is 2.47. The number of esters is 1. The van der Waals surface area contributed by atoms with Crippen molar-refractivity contribution in [3.8, 4) is 0 Å². The van der Waals surface area contributed by atoms with E-state index in [4.69, 9.17) is 9.47 Å². The van der Waals surface area contributed by atoms with E-state index in [9.17, 15) is 14.4 Å². The zero-order valence-electron chi connectivity index (χ0n) is 17.6. The van der Waals surface area contributed by atoms with Gasteiger partial charge in [-0.2, -0.15) is 0 Å². The van der Waals surface area contributed by atoms with Gasteiger partial charge in [0, 0.05) is 6.42 Å². The minimum atomic E-state index is -0.825. The van der Waals surface area contributed by atoms with Crippen LogP contribution in [0.1, 0.15) is 41.2 Å². The first-order chi connectivity index (χ1) is 15.6. The molecule has 3 aromatic rings. The van der Waals surface area contributed by atoms with Gasteiger partial charge in [0.25, 0.3) is 0 Å². The van der Waals surface area contributed by atoms with Crippen molar-refractivity contribution in [1.29, 1.82) is 0 Å². The van der Waals surface area contributed by atoms with Gasteiger partial charge in [-0.25, -0.2) is 9.69 Å². The molecule has 3 atom stereocenters. The van der Waals surface area contributed by atoms with Crippen LogP contribution >= 0.6 is 0 Å². The Morgan fingerprint density at radius 3 is 1.97 bits per heavy atom. The fourth-order valence-electron chi connectivity index (χ4n) is 4.04. The van der Waals surface area contributed by atoms with Gasteiger partial charge in [-0.05, 0) is 16.7 Å². The monoisotopic (exact) mass is 429 g/mol. The first-order valence-corrected chi connectivity index (χ1v) is 10.4. The third-order valence-electron chi connectivity index (χ3n) is 5.59. The van der Waals surface area contributed by atoms with E-state index in [1.807, 2.05) is 66.7 Å². The van der Waals surface area contributed by atoms with Gasteiger partial charge in [-0.3, -0.25) is 9.59 Å². The molecule has 1 aliphatic rings. The molecule has 0 unspecified atom stereocenters. The van der Waals surface area contributed by atoms with E-state index in [1.54, 1.807) is 24.3 Å². The van der Waals surface area contributed by atoms with Crippen molar-refractivity contribution in [3.05, 3.63) is 108 Å². The average molecular weight is 429 g/mol. The summed E-state index contributed by atoms with van der Waals surface area (Å²) in [5, 5.41) is 0. The maximum atomic E-state index is 13.4. The Morgan fingerprint density at radius 1 is 0.875 bits per heavy atom. The average Bonchev–Trinajstić information content (AvgIpc) is 3.20. The molecule has 0 radical (unpaired) electrons. The van der Waals surface area contributed by atoms with Crippen LogP contribution in [0.2, 0.25) is 0 Å². The number of ether oxygens (including phenoxy) is 2. The first-order valence-electron chi connectivity index (χ1n) is 10.4. The molecular formula is C26H23NO5. The predicted molar refractivity (Wildman–Crippen MR) is 118 cm³/mol. The smallest absolute Gasteiger partial charge is 0.417 e. The maximum Gasteiger partial charge on any atom is 0.417 e. The van der Waals surface area contributed by atoms with Gasteiger partial charge < -0.3 is 9.47 Å². The Hall–Kier alpha value is -3.93. The summed E-state index contributed by atoms with van der Waals surface area (Å²) >= 11 is 0. The highest BCUT2D eigenvalue weighted by molar-refractivity contribution is 5.96. The van der Waals surface area contributed by atoms with E-state index in [1.165, 1.54) is 7.11 Å². The number of cyclic esters (lactones) is 1. The number of benzene rings is 3. The van der Waals surface area contributed by atoms with Crippen molar-refractivity contribution in [3.63, 3.8) is 0 Å². The van der Waals surface area contributed by atoms with Gasteiger partial charge in [0.15, 0.2) is 6.10 Å². The Morgan fingerprint density at radius 2 is 1.41 bits per heavy atom. The molecule has 0 saturated carbocycles. The lowest BCUT2D eigenvalue weighted by Crippen LogP contribution is -2.36. The molecule has 1 saturated heterocycles. The Labute approximate surface area is 186 Å². The molecule has 2 amide bonds. The summed E-state index contributed by atoms with van der Waals surface area (Å²) in [7, 11) is 1.28. The van der Waals surface area contributed by atoms with Crippen LogP contribution in [0, 0.1) is 0 Å². The number of nitrogens with zero attached hydrogens (tertiary/aromatic N) is 1. The van der Waals surface area contributed by atoms with Crippen molar-refractivity contribution in [2.24, 2.45) is 0 Å². The van der Waals surface area contributed by atoms with Gasteiger partial charge >= 0.3 is 12.1 Å². The molecule has 6 nitrogen and oxygen atoms in total. The second-order valence-electron chi connectivity index (χ2n) is 7.52. The number of rotatable bonds is 6. The number of amides is 2. The van der Waals surface area contributed by atoms with Crippen molar-refractivity contribution in [2.45, 2.75) is 24.5 Å². The number of carbonyl (C=O) groups is 3. The first kappa shape index (κ1) is 21.3. The van der Waals surface area contributed by atoms with Crippen molar-refractivity contribution in [2.75, 3.05) is 7.11 Å². The lowest BCUT2D eigenvalue weighted by atomic mass is 9.92.